The summed E-state index contributed by atoms with van der Waals surface area (Å²) >= 11 is 5.64. The van der Waals surface area contributed by atoms with Crippen LogP contribution >= 0.6 is 11.6 Å². The average Bonchev–Trinajstić information content (AvgIpc) is 2.42. The molecule has 0 atom stereocenters. The molecule has 1 aromatic heterocycles. The van der Waals surface area contributed by atoms with Crippen LogP contribution in [0.4, 0.5) is 4.39 Å². The Morgan fingerprint density at radius 2 is 2.16 bits per heavy atom. The second-order valence-corrected chi connectivity index (χ2v) is 4.19. The first-order valence-electron chi connectivity index (χ1n) is 5.43. The van der Waals surface area contributed by atoms with Crippen molar-refractivity contribution >= 4 is 17.4 Å². The van der Waals surface area contributed by atoms with E-state index < -0.39 is 5.82 Å². The van der Waals surface area contributed by atoms with Crippen molar-refractivity contribution in [3.8, 4) is 5.88 Å². The number of nitrogens with zero attached hydrogens (tertiary/aromatic N) is 2. The fourth-order valence-electron chi connectivity index (χ4n) is 1.52. The van der Waals surface area contributed by atoms with E-state index in [1.54, 1.807) is 6.07 Å². The molecule has 98 valence electrons. The summed E-state index contributed by atoms with van der Waals surface area (Å²) in [6, 6.07) is 5.43. The highest BCUT2D eigenvalue weighted by molar-refractivity contribution is 6.31. The molecule has 0 radical (unpaired) electrons. The van der Waals surface area contributed by atoms with Crippen molar-refractivity contribution in [2.45, 2.75) is 6.42 Å². The molecule has 0 amide bonds. The van der Waals surface area contributed by atoms with Gasteiger partial charge in [0.05, 0.1) is 24.2 Å². The first-order chi connectivity index (χ1) is 9.10. The monoisotopic (exact) mass is 280 g/mol. The van der Waals surface area contributed by atoms with E-state index in [1.807, 2.05) is 0 Å². The van der Waals surface area contributed by atoms with Crippen LogP contribution in [0.25, 0.3) is 0 Å². The van der Waals surface area contributed by atoms with Crippen LogP contribution in [0.3, 0.4) is 0 Å². The predicted molar refractivity (Wildman–Crippen MR) is 68.0 cm³/mol. The highest BCUT2D eigenvalue weighted by atomic mass is 35.5. The summed E-state index contributed by atoms with van der Waals surface area (Å²) in [5, 5.41) is -0.0777. The van der Waals surface area contributed by atoms with Crippen molar-refractivity contribution in [1.82, 2.24) is 9.97 Å². The number of hydrogen-bond donors (Lipinski definition) is 0. The van der Waals surface area contributed by atoms with E-state index in [1.165, 1.54) is 25.6 Å². The van der Waals surface area contributed by atoms with Crippen LogP contribution in [0.15, 0.2) is 30.6 Å². The summed E-state index contributed by atoms with van der Waals surface area (Å²) in [5.74, 6) is -0.375. The second-order valence-electron chi connectivity index (χ2n) is 3.78. The van der Waals surface area contributed by atoms with Crippen LogP contribution in [-0.4, -0.2) is 22.9 Å². The number of halogens is 2. The minimum absolute atomic E-state index is 0.0703. The minimum Gasteiger partial charge on any atom is -0.481 e. The Labute approximate surface area is 114 Å². The maximum absolute atomic E-state index is 13.0. The largest absolute Gasteiger partial charge is 0.481 e. The van der Waals surface area contributed by atoms with Gasteiger partial charge in [-0.3, -0.25) is 4.79 Å². The molecule has 0 aliphatic carbocycles. The Hall–Kier alpha value is -2.01. The van der Waals surface area contributed by atoms with E-state index in [-0.39, 0.29) is 17.2 Å². The molecule has 0 bridgehead atoms. The molecule has 0 fully saturated rings. The molecule has 0 N–H and O–H groups in total. The normalized spacial score (nSPS) is 10.3. The number of rotatable bonds is 4. The summed E-state index contributed by atoms with van der Waals surface area (Å²) in [7, 11) is 1.48. The summed E-state index contributed by atoms with van der Waals surface area (Å²) in [6.07, 6.45) is 1.39. The van der Waals surface area contributed by atoms with Crippen molar-refractivity contribution in [3.63, 3.8) is 0 Å². The van der Waals surface area contributed by atoms with Gasteiger partial charge >= 0.3 is 0 Å². The predicted octanol–water partition coefficient (Wildman–Crippen LogP) is 2.70. The fourth-order valence-corrected chi connectivity index (χ4v) is 1.70. The Kier molecular flexibility index (Phi) is 4.06. The molecule has 6 heteroatoms. The lowest BCUT2D eigenvalue weighted by atomic mass is 10.1. The second kappa shape index (κ2) is 5.75. The van der Waals surface area contributed by atoms with Crippen LogP contribution in [0.2, 0.25) is 5.02 Å². The van der Waals surface area contributed by atoms with Gasteiger partial charge in [0.2, 0.25) is 5.88 Å². The van der Waals surface area contributed by atoms with Gasteiger partial charge in [-0.25, -0.2) is 14.4 Å². The molecular formula is C13H10ClFN2O2. The van der Waals surface area contributed by atoms with Crippen LogP contribution in [0.1, 0.15) is 16.1 Å². The van der Waals surface area contributed by atoms with Crippen molar-refractivity contribution in [1.29, 1.82) is 0 Å². The Balaban J connectivity index is 2.18. The van der Waals surface area contributed by atoms with E-state index >= 15 is 0 Å². The van der Waals surface area contributed by atoms with Crippen LogP contribution in [0, 0.1) is 5.82 Å². The molecule has 1 aromatic carbocycles. The lowest BCUT2D eigenvalue weighted by molar-refractivity contribution is 0.0992. The summed E-state index contributed by atoms with van der Waals surface area (Å²) in [5.41, 5.74) is 0.862. The van der Waals surface area contributed by atoms with Crippen LogP contribution < -0.4 is 4.74 Å². The maximum Gasteiger partial charge on any atom is 0.216 e. The first kappa shape index (κ1) is 13.4. The number of methoxy groups -OCH3 is 1. The zero-order valence-corrected chi connectivity index (χ0v) is 10.8. The number of ether oxygens (including phenoxy) is 1. The van der Waals surface area contributed by atoms with Gasteiger partial charge in [0.25, 0.3) is 0 Å². The molecule has 2 rings (SSSR count). The molecule has 19 heavy (non-hydrogen) atoms. The van der Waals surface area contributed by atoms with E-state index in [2.05, 4.69) is 9.97 Å². The minimum atomic E-state index is -0.554. The number of carbonyl (C=O) groups excluding carboxylic acids is 1. The molecule has 1 heterocycles. The zero-order chi connectivity index (χ0) is 13.8. The molecule has 2 aromatic rings. The molecular weight excluding hydrogens is 271 g/mol. The third-order valence-electron chi connectivity index (χ3n) is 2.49. The molecule has 0 aliphatic rings. The Morgan fingerprint density at radius 1 is 1.37 bits per heavy atom. The molecule has 0 unspecified atom stereocenters. The van der Waals surface area contributed by atoms with Gasteiger partial charge in [-0.05, 0) is 18.2 Å². The smallest absolute Gasteiger partial charge is 0.216 e. The van der Waals surface area contributed by atoms with Crippen LogP contribution in [-0.2, 0) is 6.42 Å². The summed E-state index contributed by atoms with van der Waals surface area (Å²) < 4.78 is 18.0. The van der Waals surface area contributed by atoms with Crippen molar-refractivity contribution < 1.29 is 13.9 Å². The van der Waals surface area contributed by atoms with Gasteiger partial charge in [-0.1, -0.05) is 11.6 Å². The maximum atomic E-state index is 13.0. The third kappa shape index (κ3) is 3.26. The zero-order valence-electron chi connectivity index (χ0n) is 10.1. The van der Waals surface area contributed by atoms with E-state index in [4.69, 9.17) is 16.3 Å². The molecule has 0 spiro atoms. The summed E-state index contributed by atoms with van der Waals surface area (Å²) in [6.45, 7) is 0. The fraction of sp³-hybridized carbons (Fsp3) is 0.154. The molecule has 0 saturated heterocycles. The number of carbonyl (C=O) groups is 1. The number of Topliss-reactive ketones (excluding diaryl/α,β-unsaturated/α-hetero) is 1. The Morgan fingerprint density at radius 3 is 2.84 bits per heavy atom. The van der Waals surface area contributed by atoms with Crippen molar-refractivity contribution in [2.24, 2.45) is 0 Å². The number of ketones is 1. The van der Waals surface area contributed by atoms with Crippen molar-refractivity contribution in [2.75, 3.05) is 7.11 Å². The third-order valence-corrected chi connectivity index (χ3v) is 2.78. The quantitative estimate of drug-likeness (QED) is 0.808. The van der Waals surface area contributed by atoms with Gasteiger partial charge < -0.3 is 4.74 Å². The highest BCUT2D eigenvalue weighted by Crippen LogP contribution is 2.17. The van der Waals surface area contributed by atoms with Gasteiger partial charge in [0, 0.05) is 11.6 Å². The average molecular weight is 281 g/mol. The van der Waals surface area contributed by atoms with Gasteiger partial charge in [-0.2, -0.15) is 0 Å². The summed E-state index contributed by atoms with van der Waals surface area (Å²) in [4.78, 5) is 19.8. The van der Waals surface area contributed by atoms with E-state index in [0.717, 1.165) is 6.07 Å². The molecule has 0 aliphatic heterocycles. The number of hydrogen-bond acceptors (Lipinski definition) is 4. The Bertz CT molecular complexity index is 619. The SMILES string of the molecule is COc1cc(CC(=O)c2ccc(F)c(Cl)c2)ncn1. The highest BCUT2D eigenvalue weighted by Gasteiger charge is 2.11. The molecule has 4 nitrogen and oxygen atoms in total. The van der Waals surface area contributed by atoms with Gasteiger partial charge in [-0.15, -0.1) is 0 Å². The van der Waals surface area contributed by atoms with Gasteiger partial charge in [0.15, 0.2) is 5.78 Å². The lowest BCUT2D eigenvalue weighted by Crippen LogP contribution is -2.06. The van der Waals surface area contributed by atoms with E-state index in [9.17, 15) is 9.18 Å². The van der Waals surface area contributed by atoms with E-state index in [0.29, 0.717) is 17.1 Å². The van der Waals surface area contributed by atoms with Crippen LogP contribution in [0.5, 0.6) is 5.88 Å². The van der Waals surface area contributed by atoms with Gasteiger partial charge in [0.1, 0.15) is 12.1 Å². The molecule has 0 saturated carbocycles. The van der Waals surface area contributed by atoms with Crippen molar-refractivity contribution in [3.05, 3.63) is 52.7 Å². The first-order valence-corrected chi connectivity index (χ1v) is 5.81. The number of aromatic nitrogens is 2. The number of benzene rings is 1. The topological polar surface area (TPSA) is 52.1 Å². The standard InChI is InChI=1S/C13H10ClFN2O2/c1-19-13-6-9(16-7-17-13)5-12(18)8-2-3-11(15)10(14)4-8/h2-4,6-7H,5H2,1H3. The lowest BCUT2D eigenvalue weighted by Gasteiger charge is -2.03.